The Kier molecular flexibility index (Phi) is 7.33. The summed E-state index contributed by atoms with van der Waals surface area (Å²) in [6.07, 6.45) is 7.61. The SMILES string of the molecule is O=C(c1cnc(N2CCOCC2)nc1)N1CCCCCOc2ccccc2Oc2ncccc2C1. The summed E-state index contributed by atoms with van der Waals surface area (Å²) in [4.78, 5) is 30.8. The topological polar surface area (TPSA) is 89.9 Å². The Balaban J connectivity index is 1.38. The Morgan fingerprint density at radius 1 is 0.829 bits per heavy atom. The van der Waals surface area contributed by atoms with Gasteiger partial charge in [-0.1, -0.05) is 18.2 Å². The number of ether oxygens (including phenoxy) is 3. The van der Waals surface area contributed by atoms with Crippen LogP contribution in [0.3, 0.4) is 0 Å². The molecule has 0 atom stereocenters. The standard InChI is InChI=1S/C26H29N5O4/c32-25(21-17-28-26(29-18-21)30-12-15-33-16-13-30)31-11-4-1-5-14-34-22-8-2-3-9-23(22)35-24-20(19-31)7-6-10-27-24/h2-3,6-10,17-18H,1,4-5,11-16,19H2. The van der Waals surface area contributed by atoms with E-state index >= 15 is 0 Å². The Hall–Kier alpha value is -3.72. The molecular weight excluding hydrogens is 446 g/mol. The number of hydrogen-bond donors (Lipinski definition) is 0. The van der Waals surface area contributed by atoms with Crippen LogP contribution < -0.4 is 14.4 Å². The summed E-state index contributed by atoms with van der Waals surface area (Å²) in [7, 11) is 0. The first-order valence-electron chi connectivity index (χ1n) is 12.1. The number of anilines is 1. The molecule has 3 aromatic rings. The van der Waals surface area contributed by atoms with Gasteiger partial charge in [0.1, 0.15) is 0 Å². The maximum atomic E-state index is 13.5. The van der Waals surface area contributed by atoms with Gasteiger partial charge in [-0.2, -0.15) is 0 Å². The molecule has 2 aliphatic heterocycles. The van der Waals surface area contributed by atoms with Gasteiger partial charge in [0.05, 0.1) is 31.9 Å². The van der Waals surface area contributed by atoms with E-state index in [1.807, 2.05) is 41.3 Å². The van der Waals surface area contributed by atoms with Crippen molar-refractivity contribution in [3.63, 3.8) is 0 Å². The smallest absolute Gasteiger partial charge is 0.257 e. The van der Waals surface area contributed by atoms with Crippen LogP contribution in [0.1, 0.15) is 35.2 Å². The van der Waals surface area contributed by atoms with Gasteiger partial charge in [-0.05, 0) is 37.5 Å². The third-order valence-corrected chi connectivity index (χ3v) is 6.06. The van der Waals surface area contributed by atoms with Gasteiger partial charge in [0.2, 0.25) is 11.8 Å². The van der Waals surface area contributed by atoms with Crippen LogP contribution in [0.2, 0.25) is 0 Å². The first-order chi connectivity index (χ1) is 17.3. The normalized spacial score (nSPS) is 16.9. The number of hydrogen-bond acceptors (Lipinski definition) is 8. The van der Waals surface area contributed by atoms with Gasteiger partial charge >= 0.3 is 0 Å². The molecule has 182 valence electrons. The van der Waals surface area contributed by atoms with Crippen molar-refractivity contribution in [1.82, 2.24) is 19.9 Å². The van der Waals surface area contributed by atoms with Crippen molar-refractivity contribution < 1.29 is 19.0 Å². The number of nitrogens with zero attached hydrogens (tertiary/aromatic N) is 5. The molecule has 1 saturated heterocycles. The predicted octanol–water partition coefficient (Wildman–Crippen LogP) is 3.71. The zero-order valence-electron chi connectivity index (χ0n) is 19.6. The van der Waals surface area contributed by atoms with E-state index in [4.69, 9.17) is 14.2 Å². The first kappa shape index (κ1) is 23.0. The van der Waals surface area contributed by atoms with Gasteiger partial charge in [0, 0.05) is 43.8 Å². The van der Waals surface area contributed by atoms with Gasteiger partial charge in [-0.25, -0.2) is 15.0 Å². The largest absolute Gasteiger partial charge is 0.490 e. The number of amides is 1. The van der Waals surface area contributed by atoms with E-state index in [1.165, 1.54) is 0 Å². The van der Waals surface area contributed by atoms with Gasteiger partial charge in [0.25, 0.3) is 5.91 Å². The highest BCUT2D eigenvalue weighted by Gasteiger charge is 2.21. The maximum Gasteiger partial charge on any atom is 0.257 e. The summed E-state index contributed by atoms with van der Waals surface area (Å²) in [5, 5.41) is 0. The molecule has 35 heavy (non-hydrogen) atoms. The van der Waals surface area contributed by atoms with Crippen molar-refractivity contribution in [3.8, 4) is 17.4 Å². The van der Waals surface area contributed by atoms with E-state index in [0.29, 0.717) is 61.8 Å². The molecule has 2 aliphatic rings. The number of benzene rings is 1. The number of rotatable bonds is 2. The maximum absolute atomic E-state index is 13.5. The molecule has 1 amide bonds. The van der Waals surface area contributed by atoms with Gasteiger partial charge in [-0.15, -0.1) is 0 Å². The number of fused-ring (bicyclic) bond motifs is 2. The average molecular weight is 476 g/mol. The molecule has 0 bridgehead atoms. The second-order valence-corrected chi connectivity index (χ2v) is 8.52. The highest BCUT2D eigenvalue weighted by Crippen LogP contribution is 2.33. The van der Waals surface area contributed by atoms with Crippen LogP contribution in [0.5, 0.6) is 17.4 Å². The van der Waals surface area contributed by atoms with E-state index in [0.717, 1.165) is 37.9 Å². The van der Waals surface area contributed by atoms with Gasteiger partial charge in [0.15, 0.2) is 11.5 Å². The van der Waals surface area contributed by atoms with E-state index in [-0.39, 0.29) is 5.91 Å². The van der Waals surface area contributed by atoms with Crippen molar-refractivity contribution >= 4 is 11.9 Å². The lowest BCUT2D eigenvalue weighted by Crippen LogP contribution is -2.37. The van der Waals surface area contributed by atoms with E-state index in [1.54, 1.807) is 18.6 Å². The molecule has 0 saturated carbocycles. The minimum Gasteiger partial charge on any atom is -0.490 e. The predicted molar refractivity (Wildman–Crippen MR) is 130 cm³/mol. The molecule has 0 spiro atoms. The highest BCUT2D eigenvalue weighted by molar-refractivity contribution is 5.93. The Labute approximate surface area is 204 Å². The lowest BCUT2D eigenvalue weighted by Gasteiger charge is -2.27. The number of carbonyl (C=O) groups is 1. The van der Waals surface area contributed by atoms with Crippen LogP contribution in [0.15, 0.2) is 55.0 Å². The van der Waals surface area contributed by atoms with Crippen LogP contribution in [-0.2, 0) is 11.3 Å². The molecule has 0 aliphatic carbocycles. The third kappa shape index (κ3) is 5.68. The molecular formula is C26H29N5O4. The van der Waals surface area contributed by atoms with Gasteiger partial charge < -0.3 is 24.0 Å². The van der Waals surface area contributed by atoms with Crippen LogP contribution in [0, 0.1) is 0 Å². The minimum atomic E-state index is -0.111. The van der Waals surface area contributed by atoms with Crippen molar-refractivity contribution in [2.24, 2.45) is 0 Å². The van der Waals surface area contributed by atoms with Crippen LogP contribution in [0.25, 0.3) is 0 Å². The van der Waals surface area contributed by atoms with Crippen molar-refractivity contribution in [2.45, 2.75) is 25.8 Å². The minimum absolute atomic E-state index is 0.111. The lowest BCUT2D eigenvalue weighted by atomic mass is 10.2. The molecule has 1 aromatic carbocycles. The molecule has 1 fully saturated rings. The quantitative estimate of drug-likeness (QED) is 0.554. The number of carbonyl (C=O) groups excluding carboxylic acids is 1. The molecule has 0 unspecified atom stereocenters. The molecule has 0 radical (unpaired) electrons. The number of morpholine rings is 1. The Bertz CT molecular complexity index is 1130. The van der Waals surface area contributed by atoms with E-state index < -0.39 is 0 Å². The molecule has 9 nitrogen and oxygen atoms in total. The average Bonchev–Trinajstić information content (AvgIpc) is 2.93. The summed E-state index contributed by atoms with van der Waals surface area (Å²) in [5.74, 6) is 2.27. The van der Waals surface area contributed by atoms with Crippen molar-refractivity contribution in [3.05, 3.63) is 66.1 Å². The third-order valence-electron chi connectivity index (χ3n) is 6.06. The van der Waals surface area contributed by atoms with E-state index in [9.17, 15) is 4.79 Å². The number of para-hydroxylation sites is 2. The second-order valence-electron chi connectivity index (χ2n) is 8.52. The Morgan fingerprint density at radius 3 is 2.46 bits per heavy atom. The molecule has 4 heterocycles. The zero-order chi connectivity index (χ0) is 23.9. The fourth-order valence-corrected chi connectivity index (χ4v) is 4.16. The molecule has 5 rings (SSSR count). The zero-order valence-corrected chi connectivity index (χ0v) is 19.6. The fourth-order valence-electron chi connectivity index (χ4n) is 4.16. The monoisotopic (exact) mass is 475 g/mol. The summed E-state index contributed by atoms with van der Waals surface area (Å²) < 4.78 is 17.5. The summed E-state index contributed by atoms with van der Waals surface area (Å²) >= 11 is 0. The van der Waals surface area contributed by atoms with Crippen molar-refractivity contribution in [1.29, 1.82) is 0 Å². The Morgan fingerprint density at radius 2 is 1.63 bits per heavy atom. The molecule has 0 N–H and O–H groups in total. The lowest BCUT2D eigenvalue weighted by molar-refractivity contribution is 0.0737. The van der Waals surface area contributed by atoms with Gasteiger partial charge in [-0.3, -0.25) is 4.79 Å². The fraction of sp³-hybridized carbons (Fsp3) is 0.385. The van der Waals surface area contributed by atoms with Crippen LogP contribution in [-0.4, -0.2) is 65.2 Å². The molecule has 9 heteroatoms. The summed E-state index contributed by atoms with van der Waals surface area (Å²) in [6.45, 7) is 4.36. The highest BCUT2D eigenvalue weighted by atomic mass is 16.5. The first-order valence-corrected chi connectivity index (χ1v) is 12.1. The van der Waals surface area contributed by atoms with Crippen LogP contribution in [0.4, 0.5) is 5.95 Å². The van der Waals surface area contributed by atoms with Crippen molar-refractivity contribution in [2.75, 3.05) is 44.4 Å². The summed E-state index contributed by atoms with van der Waals surface area (Å²) in [6, 6.07) is 11.4. The summed E-state index contributed by atoms with van der Waals surface area (Å²) in [5.41, 5.74) is 1.28. The second kappa shape index (κ2) is 11.1. The van der Waals surface area contributed by atoms with E-state index in [2.05, 4.69) is 19.9 Å². The number of aromatic nitrogens is 3. The molecule has 2 aromatic heterocycles. The number of pyridine rings is 1. The van der Waals surface area contributed by atoms with Crippen LogP contribution >= 0.6 is 0 Å².